The van der Waals surface area contributed by atoms with Crippen LogP contribution in [0.1, 0.15) is 36.8 Å². The lowest BCUT2D eigenvalue weighted by Gasteiger charge is -2.18. The van der Waals surface area contributed by atoms with E-state index in [1.807, 2.05) is 13.8 Å². The smallest absolute Gasteiger partial charge is 0.266 e. The minimum atomic E-state index is -0.992. The number of aryl methyl sites for hydroxylation is 2. The quantitative estimate of drug-likeness (QED) is 0.592. The van der Waals surface area contributed by atoms with Crippen LogP contribution in [0.5, 0.6) is 0 Å². The molecule has 2 heterocycles. The lowest BCUT2D eigenvalue weighted by molar-refractivity contribution is -0.121. The van der Waals surface area contributed by atoms with E-state index in [1.54, 1.807) is 6.92 Å². The van der Waals surface area contributed by atoms with Crippen molar-refractivity contribution in [3.63, 3.8) is 0 Å². The molecular weight excluding hydrogens is 406 g/mol. The van der Waals surface area contributed by atoms with Crippen LogP contribution in [0.25, 0.3) is 11.3 Å². The van der Waals surface area contributed by atoms with Gasteiger partial charge in [0.15, 0.2) is 11.6 Å². The molecule has 0 saturated carbocycles. The van der Waals surface area contributed by atoms with E-state index in [9.17, 15) is 18.4 Å². The number of benzene rings is 1. The Hall–Kier alpha value is -3.36. The van der Waals surface area contributed by atoms with Gasteiger partial charge in [0.1, 0.15) is 5.76 Å². The molecule has 1 aromatic carbocycles. The Balaban J connectivity index is 1.68. The fourth-order valence-corrected chi connectivity index (χ4v) is 3.27. The minimum absolute atomic E-state index is 0.156. The number of hydrogen-bond acceptors (Lipinski definition) is 5. The first-order chi connectivity index (χ1) is 14.8. The van der Waals surface area contributed by atoms with E-state index in [0.29, 0.717) is 29.9 Å². The molecule has 1 atom stereocenters. The molecule has 0 aliphatic carbocycles. The summed E-state index contributed by atoms with van der Waals surface area (Å²) in [5.74, 6) is -1.41. The molecule has 0 unspecified atom stereocenters. The molecule has 9 heteroatoms. The van der Waals surface area contributed by atoms with Crippen LogP contribution in [0.4, 0.5) is 8.78 Å². The lowest BCUT2D eigenvalue weighted by atomic mass is 10.1. The van der Waals surface area contributed by atoms with Crippen molar-refractivity contribution in [1.82, 2.24) is 20.3 Å². The third-order valence-corrected chi connectivity index (χ3v) is 5.12. The molecule has 7 nitrogen and oxygen atoms in total. The number of halogens is 2. The summed E-state index contributed by atoms with van der Waals surface area (Å²) in [5, 5.41) is 11.1. The lowest BCUT2D eigenvalue weighted by Crippen LogP contribution is -2.40. The Morgan fingerprint density at radius 1 is 1.19 bits per heavy atom. The summed E-state index contributed by atoms with van der Waals surface area (Å²) in [7, 11) is 0. The van der Waals surface area contributed by atoms with Gasteiger partial charge in [-0.2, -0.15) is 5.10 Å². The number of nitrogens with zero attached hydrogens (tertiary/aromatic N) is 3. The molecule has 1 amide bonds. The van der Waals surface area contributed by atoms with E-state index in [1.165, 1.54) is 22.9 Å². The van der Waals surface area contributed by atoms with Gasteiger partial charge in [-0.25, -0.2) is 13.5 Å². The van der Waals surface area contributed by atoms with Crippen LogP contribution in [-0.4, -0.2) is 26.9 Å². The first-order valence-electron chi connectivity index (χ1n) is 10.0. The summed E-state index contributed by atoms with van der Waals surface area (Å²) < 4.78 is 33.1. The van der Waals surface area contributed by atoms with Crippen molar-refractivity contribution in [2.24, 2.45) is 0 Å². The SMILES string of the molecule is CC[C@H](Cn1nc(-c2ccc(F)c(F)c2)ccc1=O)NC(=O)CCc1c(C)noc1C. The van der Waals surface area contributed by atoms with E-state index in [4.69, 9.17) is 4.52 Å². The van der Waals surface area contributed by atoms with Crippen LogP contribution in [0.3, 0.4) is 0 Å². The molecular formula is C22H24F2N4O3. The Morgan fingerprint density at radius 2 is 1.97 bits per heavy atom. The Labute approximate surface area is 178 Å². The Kier molecular flexibility index (Phi) is 6.94. The highest BCUT2D eigenvalue weighted by Crippen LogP contribution is 2.18. The van der Waals surface area contributed by atoms with Gasteiger partial charge in [-0.1, -0.05) is 12.1 Å². The number of hydrogen-bond donors (Lipinski definition) is 1. The van der Waals surface area contributed by atoms with Crippen LogP contribution >= 0.6 is 0 Å². The zero-order valence-electron chi connectivity index (χ0n) is 17.6. The zero-order valence-corrected chi connectivity index (χ0v) is 17.6. The molecule has 0 aliphatic heterocycles. The summed E-state index contributed by atoms with van der Waals surface area (Å²) >= 11 is 0. The maximum atomic E-state index is 13.5. The second-order valence-electron chi connectivity index (χ2n) is 7.34. The van der Waals surface area contributed by atoms with Gasteiger partial charge in [-0.3, -0.25) is 9.59 Å². The second-order valence-corrected chi connectivity index (χ2v) is 7.34. The predicted molar refractivity (Wildman–Crippen MR) is 110 cm³/mol. The zero-order chi connectivity index (χ0) is 22.5. The molecule has 3 aromatic rings. The molecule has 0 radical (unpaired) electrons. The fourth-order valence-electron chi connectivity index (χ4n) is 3.27. The van der Waals surface area contributed by atoms with Crippen LogP contribution in [0.15, 0.2) is 39.6 Å². The van der Waals surface area contributed by atoms with E-state index in [0.717, 1.165) is 23.4 Å². The normalized spacial score (nSPS) is 12.0. The molecule has 0 fully saturated rings. The number of aromatic nitrogens is 3. The molecule has 2 aromatic heterocycles. The largest absolute Gasteiger partial charge is 0.361 e. The van der Waals surface area contributed by atoms with Crippen molar-refractivity contribution in [2.45, 2.75) is 52.6 Å². The van der Waals surface area contributed by atoms with Crippen molar-refractivity contribution >= 4 is 5.91 Å². The topological polar surface area (TPSA) is 90.0 Å². The van der Waals surface area contributed by atoms with Crippen LogP contribution in [0.2, 0.25) is 0 Å². The van der Waals surface area contributed by atoms with E-state index >= 15 is 0 Å². The second kappa shape index (κ2) is 9.63. The van der Waals surface area contributed by atoms with Gasteiger partial charge < -0.3 is 9.84 Å². The van der Waals surface area contributed by atoms with Crippen molar-refractivity contribution in [3.05, 3.63) is 69.3 Å². The van der Waals surface area contributed by atoms with Crippen molar-refractivity contribution in [2.75, 3.05) is 0 Å². The van der Waals surface area contributed by atoms with Gasteiger partial charge in [0.2, 0.25) is 5.91 Å². The van der Waals surface area contributed by atoms with Gasteiger partial charge in [-0.15, -0.1) is 0 Å². The maximum absolute atomic E-state index is 13.5. The van der Waals surface area contributed by atoms with Gasteiger partial charge in [-0.05, 0) is 51.0 Å². The van der Waals surface area contributed by atoms with E-state index in [-0.39, 0.29) is 30.5 Å². The monoisotopic (exact) mass is 430 g/mol. The summed E-state index contributed by atoms with van der Waals surface area (Å²) in [6, 6.07) is 5.88. The van der Waals surface area contributed by atoms with Gasteiger partial charge in [0, 0.05) is 29.7 Å². The summed E-state index contributed by atoms with van der Waals surface area (Å²) in [5.41, 5.74) is 2.01. The maximum Gasteiger partial charge on any atom is 0.266 e. The molecule has 31 heavy (non-hydrogen) atoms. The number of amides is 1. The van der Waals surface area contributed by atoms with Gasteiger partial charge in [0.05, 0.1) is 17.9 Å². The molecule has 164 valence electrons. The first-order valence-corrected chi connectivity index (χ1v) is 10.0. The number of nitrogens with one attached hydrogen (secondary N) is 1. The Morgan fingerprint density at radius 3 is 2.61 bits per heavy atom. The van der Waals surface area contributed by atoms with Crippen molar-refractivity contribution < 1.29 is 18.1 Å². The molecule has 3 rings (SSSR count). The van der Waals surface area contributed by atoms with Crippen molar-refractivity contribution in [3.8, 4) is 11.3 Å². The average Bonchev–Trinajstić information content (AvgIpc) is 3.07. The minimum Gasteiger partial charge on any atom is -0.361 e. The summed E-state index contributed by atoms with van der Waals surface area (Å²) in [6.45, 7) is 5.68. The van der Waals surface area contributed by atoms with E-state index < -0.39 is 11.6 Å². The first kappa shape index (κ1) is 22.3. The molecule has 0 saturated heterocycles. The van der Waals surface area contributed by atoms with Gasteiger partial charge >= 0.3 is 0 Å². The predicted octanol–water partition coefficient (Wildman–Crippen LogP) is 3.32. The molecule has 1 N–H and O–H groups in total. The standard InChI is InChI=1S/C22H24F2N4O3/c1-4-16(25-21(29)9-6-17-13(2)27-31-14(17)3)12-28-22(30)10-8-20(26-28)15-5-7-18(23)19(24)11-15/h5,7-8,10-11,16H,4,6,9,12H2,1-3H3,(H,25,29)/t16-/m1/s1. The molecule has 0 aliphatic rings. The third kappa shape index (κ3) is 5.42. The number of carbonyl (C=O) groups excluding carboxylic acids is 1. The average molecular weight is 430 g/mol. The summed E-state index contributed by atoms with van der Waals surface area (Å²) in [6.07, 6.45) is 1.35. The third-order valence-electron chi connectivity index (χ3n) is 5.12. The highest BCUT2D eigenvalue weighted by molar-refractivity contribution is 5.76. The summed E-state index contributed by atoms with van der Waals surface area (Å²) in [4.78, 5) is 24.7. The fraction of sp³-hybridized carbons (Fsp3) is 0.364. The molecule has 0 spiro atoms. The Bertz CT molecular complexity index is 1120. The highest BCUT2D eigenvalue weighted by atomic mass is 19.2. The van der Waals surface area contributed by atoms with Crippen molar-refractivity contribution in [1.29, 1.82) is 0 Å². The van der Waals surface area contributed by atoms with Crippen LogP contribution < -0.4 is 10.9 Å². The van der Waals surface area contributed by atoms with Crippen LogP contribution in [-0.2, 0) is 17.8 Å². The number of carbonyl (C=O) groups is 1. The van der Waals surface area contributed by atoms with Crippen LogP contribution in [0, 0.1) is 25.5 Å². The highest BCUT2D eigenvalue weighted by Gasteiger charge is 2.16. The molecule has 0 bridgehead atoms. The van der Waals surface area contributed by atoms with Gasteiger partial charge in [0.25, 0.3) is 5.56 Å². The van der Waals surface area contributed by atoms with E-state index in [2.05, 4.69) is 15.6 Å². The number of rotatable bonds is 8.